The maximum atomic E-state index is 13.4. The summed E-state index contributed by atoms with van der Waals surface area (Å²) in [6.07, 6.45) is 3.10. The lowest BCUT2D eigenvalue weighted by molar-refractivity contribution is -0.181. The molecule has 0 atom stereocenters. The van der Waals surface area contributed by atoms with E-state index >= 15 is 0 Å². The maximum absolute atomic E-state index is 13.4. The maximum Gasteiger partial charge on any atom is 0.433 e. The van der Waals surface area contributed by atoms with Crippen LogP contribution in [-0.4, -0.2) is 63.5 Å². The number of halogens is 3. The molecule has 0 radical (unpaired) electrons. The molecule has 4 fully saturated rings. The molecule has 2 spiro atoms. The van der Waals surface area contributed by atoms with Crippen LogP contribution in [-0.2, 0) is 22.3 Å². The first-order valence-corrected chi connectivity index (χ1v) is 13.1. The minimum Gasteiger partial charge on any atom is -0.380 e. The predicted octanol–water partition coefficient (Wildman–Crippen LogP) is 3.69. The van der Waals surface area contributed by atoms with Crippen LogP contribution >= 0.6 is 0 Å². The van der Waals surface area contributed by atoms with Crippen LogP contribution in [0.3, 0.4) is 0 Å². The third kappa shape index (κ3) is 3.83. The predicted molar refractivity (Wildman–Crippen MR) is 131 cm³/mol. The number of pyridine rings is 1. The fraction of sp³-hybridized carbons (Fsp3) is 0.577. The summed E-state index contributed by atoms with van der Waals surface area (Å²) in [6, 6.07) is 3.70. The van der Waals surface area contributed by atoms with Crippen molar-refractivity contribution in [3.8, 4) is 0 Å². The van der Waals surface area contributed by atoms with E-state index in [2.05, 4.69) is 20.0 Å². The molecule has 1 amide bonds. The van der Waals surface area contributed by atoms with Gasteiger partial charge in [0.25, 0.3) is 0 Å². The summed E-state index contributed by atoms with van der Waals surface area (Å²) in [5, 5.41) is 4.54. The Morgan fingerprint density at radius 3 is 2.47 bits per heavy atom. The fourth-order valence-electron chi connectivity index (χ4n) is 6.69. The Labute approximate surface area is 217 Å². The third-order valence-corrected chi connectivity index (χ3v) is 8.88. The average molecular weight is 528 g/mol. The molecular formula is C26H28F3N7O2. The molecule has 0 aromatic carbocycles. The number of alkyl halides is 3. The molecule has 38 heavy (non-hydrogen) atoms. The Hall–Kier alpha value is -3.28. The van der Waals surface area contributed by atoms with Crippen LogP contribution in [0.1, 0.15) is 37.8 Å². The Balaban J connectivity index is 1.03. The average Bonchev–Trinajstić information content (AvgIpc) is 3.40. The van der Waals surface area contributed by atoms with Gasteiger partial charge in [0.05, 0.1) is 31.0 Å². The molecule has 0 bridgehead atoms. The van der Waals surface area contributed by atoms with E-state index in [0.29, 0.717) is 50.2 Å². The monoisotopic (exact) mass is 527 g/mol. The third-order valence-electron chi connectivity index (χ3n) is 8.88. The number of fused-ring (bicyclic) bond motifs is 1. The largest absolute Gasteiger partial charge is 0.433 e. The van der Waals surface area contributed by atoms with Crippen molar-refractivity contribution < 1.29 is 22.7 Å². The lowest BCUT2D eigenvalue weighted by Gasteiger charge is -2.53. The summed E-state index contributed by atoms with van der Waals surface area (Å²) in [5.41, 5.74) is 0.363. The van der Waals surface area contributed by atoms with Crippen LogP contribution in [0.4, 0.5) is 24.8 Å². The number of carbonyl (C=O) groups excluding carboxylic acids is 1. The van der Waals surface area contributed by atoms with Crippen LogP contribution in [0, 0.1) is 16.7 Å². The smallest absolute Gasteiger partial charge is 0.380 e. The molecule has 1 saturated carbocycles. The number of amides is 1. The Morgan fingerprint density at radius 1 is 1.00 bits per heavy atom. The Morgan fingerprint density at radius 2 is 1.76 bits per heavy atom. The fourth-order valence-corrected chi connectivity index (χ4v) is 6.69. The number of anilines is 2. The number of hydrogen-bond donors (Lipinski definition) is 0. The molecule has 12 heteroatoms. The van der Waals surface area contributed by atoms with E-state index in [9.17, 15) is 18.0 Å². The second-order valence-corrected chi connectivity index (χ2v) is 11.4. The van der Waals surface area contributed by atoms with Crippen LogP contribution in [0.25, 0.3) is 11.2 Å². The highest BCUT2D eigenvalue weighted by Gasteiger charge is 2.50. The Kier molecular flexibility index (Phi) is 5.24. The number of rotatable bonds is 4. The van der Waals surface area contributed by atoms with Gasteiger partial charge in [0, 0.05) is 31.6 Å². The quantitative estimate of drug-likeness (QED) is 0.511. The van der Waals surface area contributed by atoms with Gasteiger partial charge in [-0.1, -0.05) is 6.07 Å². The van der Waals surface area contributed by atoms with Crippen molar-refractivity contribution in [1.82, 2.24) is 24.7 Å². The van der Waals surface area contributed by atoms with Gasteiger partial charge >= 0.3 is 6.18 Å². The molecule has 0 N–H and O–H groups in total. The minimum absolute atomic E-state index is 0.0657. The topological polar surface area (TPSA) is 89.3 Å². The summed E-state index contributed by atoms with van der Waals surface area (Å²) in [4.78, 5) is 30.2. The standard InChI is InChI=1S/C26H28F3N7O2/c27-26(28,29)19-2-1-3-20(32-19)35-9-6-25(23(35)37)4-7-34(8-5-25)21-13-30-18-12-31-36(22(18)33-21)14-17-10-24(11-17)15-38-16-24/h1-3,12-13,17H,4-11,14-16H2. The number of nitrogens with zero attached hydrogens (tertiary/aromatic N) is 7. The van der Waals surface area contributed by atoms with Gasteiger partial charge in [-0.3, -0.25) is 9.69 Å². The number of carbonyl (C=O) groups is 1. The minimum atomic E-state index is -4.55. The molecule has 200 valence electrons. The molecule has 3 saturated heterocycles. The van der Waals surface area contributed by atoms with Crippen molar-refractivity contribution >= 4 is 28.7 Å². The Bertz CT molecular complexity index is 1390. The zero-order valence-electron chi connectivity index (χ0n) is 20.8. The molecular weight excluding hydrogens is 499 g/mol. The molecule has 7 rings (SSSR count). The van der Waals surface area contributed by atoms with Crippen LogP contribution in [0.2, 0.25) is 0 Å². The summed E-state index contributed by atoms with van der Waals surface area (Å²) < 4.78 is 46.8. The van der Waals surface area contributed by atoms with Crippen molar-refractivity contribution in [2.24, 2.45) is 16.7 Å². The van der Waals surface area contributed by atoms with Gasteiger partial charge < -0.3 is 9.64 Å². The first-order chi connectivity index (χ1) is 18.2. The number of aromatic nitrogens is 5. The van der Waals surface area contributed by atoms with E-state index in [-0.39, 0.29) is 11.7 Å². The van der Waals surface area contributed by atoms with E-state index in [4.69, 9.17) is 9.72 Å². The van der Waals surface area contributed by atoms with Crippen molar-refractivity contribution in [3.05, 3.63) is 36.3 Å². The zero-order chi connectivity index (χ0) is 26.1. The second kappa shape index (κ2) is 8.36. The molecule has 6 heterocycles. The zero-order valence-corrected chi connectivity index (χ0v) is 20.8. The highest BCUT2D eigenvalue weighted by atomic mass is 19.4. The summed E-state index contributed by atoms with van der Waals surface area (Å²) in [7, 11) is 0. The van der Waals surface area contributed by atoms with Gasteiger partial charge in [0.1, 0.15) is 22.8 Å². The van der Waals surface area contributed by atoms with E-state index in [1.807, 2.05) is 4.68 Å². The lowest BCUT2D eigenvalue weighted by Crippen LogP contribution is -2.53. The van der Waals surface area contributed by atoms with Crippen LogP contribution < -0.4 is 9.80 Å². The normalized spacial score (nSPS) is 22.9. The number of piperidine rings is 1. The molecule has 0 unspecified atom stereocenters. The summed E-state index contributed by atoms with van der Waals surface area (Å²) in [5.74, 6) is 1.26. The van der Waals surface area contributed by atoms with Crippen LogP contribution in [0.15, 0.2) is 30.6 Å². The van der Waals surface area contributed by atoms with Crippen molar-refractivity contribution in [1.29, 1.82) is 0 Å². The van der Waals surface area contributed by atoms with Gasteiger partial charge in [-0.25, -0.2) is 19.6 Å². The highest BCUT2D eigenvalue weighted by Crippen LogP contribution is 2.51. The SMILES string of the molecule is O=C1N(c2cccc(C(F)(F)F)n2)CCC12CCN(c1cnc3cnn(CC4CC5(COC5)C4)c3n1)CC2. The molecule has 3 aliphatic heterocycles. The number of ether oxygens (including phenoxy) is 1. The van der Waals surface area contributed by atoms with Crippen LogP contribution in [0.5, 0.6) is 0 Å². The van der Waals surface area contributed by atoms with E-state index < -0.39 is 17.3 Å². The first-order valence-electron chi connectivity index (χ1n) is 13.1. The van der Waals surface area contributed by atoms with Gasteiger partial charge in [-0.05, 0) is 50.2 Å². The second-order valence-electron chi connectivity index (χ2n) is 11.4. The van der Waals surface area contributed by atoms with E-state index in [1.165, 1.54) is 17.0 Å². The van der Waals surface area contributed by atoms with E-state index in [0.717, 1.165) is 55.6 Å². The van der Waals surface area contributed by atoms with Gasteiger partial charge in [-0.2, -0.15) is 18.3 Å². The first kappa shape index (κ1) is 23.8. The van der Waals surface area contributed by atoms with Gasteiger partial charge in [0.15, 0.2) is 5.65 Å². The number of hydrogen-bond acceptors (Lipinski definition) is 7. The lowest BCUT2D eigenvalue weighted by atomic mass is 9.61. The molecule has 9 nitrogen and oxygen atoms in total. The molecule has 1 aliphatic carbocycles. The van der Waals surface area contributed by atoms with Crippen molar-refractivity contribution in [2.75, 3.05) is 42.6 Å². The highest BCUT2D eigenvalue weighted by molar-refractivity contribution is 5.99. The summed E-state index contributed by atoms with van der Waals surface area (Å²) >= 11 is 0. The van der Waals surface area contributed by atoms with E-state index in [1.54, 1.807) is 12.4 Å². The summed E-state index contributed by atoms with van der Waals surface area (Å²) in [6.45, 7) is 4.18. The molecule has 3 aromatic rings. The van der Waals surface area contributed by atoms with Crippen molar-refractivity contribution in [3.63, 3.8) is 0 Å². The van der Waals surface area contributed by atoms with Crippen molar-refractivity contribution in [2.45, 2.75) is 44.8 Å². The van der Waals surface area contributed by atoms with Gasteiger partial charge in [0.2, 0.25) is 5.91 Å². The molecule has 4 aliphatic rings. The molecule has 3 aromatic heterocycles. The van der Waals surface area contributed by atoms with Gasteiger partial charge in [-0.15, -0.1) is 0 Å².